The van der Waals surface area contributed by atoms with Crippen molar-refractivity contribution in [1.29, 1.82) is 0 Å². The Bertz CT molecular complexity index is 283. The first kappa shape index (κ1) is 11.4. The van der Waals surface area contributed by atoms with Crippen molar-refractivity contribution in [2.45, 2.75) is 18.1 Å². The van der Waals surface area contributed by atoms with Crippen LogP contribution < -0.4 is 5.73 Å². The molecule has 0 saturated heterocycles. The lowest BCUT2D eigenvalue weighted by Gasteiger charge is -2.08. The van der Waals surface area contributed by atoms with Crippen molar-refractivity contribution in [2.75, 3.05) is 19.5 Å². The highest BCUT2D eigenvalue weighted by Gasteiger charge is 2.04. The largest absolute Gasteiger partial charge is 0.383 e. The average Bonchev–Trinajstić information content (AvgIpc) is 2.15. The molecule has 0 aliphatic rings. The van der Waals surface area contributed by atoms with E-state index in [1.807, 2.05) is 13.0 Å². The van der Waals surface area contributed by atoms with Gasteiger partial charge in [0, 0.05) is 30.8 Å². The second-order valence-corrected chi connectivity index (χ2v) is 3.99. The van der Waals surface area contributed by atoms with Crippen molar-refractivity contribution in [2.24, 2.45) is 5.73 Å². The summed E-state index contributed by atoms with van der Waals surface area (Å²) in [7, 11) is 1.65. The third-order valence-corrected chi connectivity index (χ3v) is 2.63. The number of aryl methyl sites for hydroxylation is 1. The molecule has 0 radical (unpaired) electrons. The van der Waals surface area contributed by atoms with Gasteiger partial charge in [-0.05, 0) is 13.0 Å². The summed E-state index contributed by atoms with van der Waals surface area (Å²) in [5, 5.41) is 0.775. The van der Waals surface area contributed by atoms with Crippen molar-refractivity contribution in [3.8, 4) is 0 Å². The number of nitrogens with two attached hydrogens (primary N) is 1. The summed E-state index contributed by atoms with van der Waals surface area (Å²) in [4.78, 5) is 8.39. The number of hydrogen-bond acceptors (Lipinski definition) is 5. The van der Waals surface area contributed by atoms with Crippen molar-refractivity contribution in [1.82, 2.24) is 9.97 Å². The first-order valence-electron chi connectivity index (χ1n) is 4.39. The van der Waals surface area contributed by atoms with Crippen LogP contribution in [-0.4, -0.2) is 35.5 Å². The molecule has 5 heteroatoms. The Kier molecular flexibility index (Phi) is 4.86. The van der Waals surface area contributed by atoms with E-state index < -0.39 is 0 Å². The van der Waals surface area contributed by atoms with Crippen LogP contribution >= 0.6 is 11.8 Å². The van der Waals surface area contributed by atoms with Crippen LogP contribution in [0.2, 0.25) is 0 Å². The minimum atomic E-state index is 0.0362. The molecule has 4 nitrogen and oxygen atoms in total. The number of aromatic nitrogens is 2. The number of methoxy groups -OCH3 is 1. The first-order valence-corrected chi connectivity index (χ1v) is 5.38. The molecule has 0 bridgehead atoms. The van der Waals surface area contributed by atoms with Gasteiger partial charge in [-0.15, -0.1) is 0 Å². The molecule has 2 N–H and O–H groups in total. The molecule has 14 heavy (non-hydrogen) atoms. The van der Waals surface area contributed by atoms with E-state index in [2.05, 4.69) is 9.97 Å². The predicted octanol–water partition coefficient (Wildman–Crippen LogP) is 0.851. The van der Waals surface area contributed by atoms with Crippen LogP contribution in [0.4, 0.5) is 0 Å². The van der Waals surface area contributed by atoms with Gasteiger partial charge in [-0.2, -0.15) is 0 Å². The second kappa shape index (κ2) is 5.95. The molecule has 0 amide bonds. The lowest BCUT2D eigenvalue weighted by Crippen LogP contribution is -2.28. The molecule has 1 rings (SSSR count). The minimum absolute atomic E-state index is 0.0362. The molecule has 1 aromatic rings. The number of hydrogen-bond donors (Lipinski definition) is 1. The number of thioether (sulfide) groups is 1. The highest BCUT2D eigenvalue weighted by Crippen LogP contribution is 2.12. The summed E-state index contributed by atoms with van der Waals surface area (Å²) >= 11 is 1.56. The van der Waals surface area contributed by atoms with Gasteiger partial charge in [0.15, 0.2) is 5.16 Å². The van der Waals surface area contributed by atoms with Crippen LogP contribution in [0.3, 0.4) is 0 Å². The molecule has 78 valence electrons. The molecule has 0 spiro atoms. The molecule has 0 saturated carbocycles. The Morgan fingerprint density at radius 3 is 3.07 bits per heavy atom. The van der Waals surface area contributed by atoms with Gasteiger partial charge in [-0.3, -0.25) is 0 Å². The van der Waals surface area contributed by atoms with Crippen molar-refractivity contribution in [3.05, 3.63) is 18.0 Å². The summed E-state index contributed by atoms with van der Waals surface area (Å²) in [6, 6.07) is 1.91. The van der Waals surface area contributed by atoms with Gasteiger partial charge in [0.25, 0.3) is 0 Å². The predicted molar refractivity (Wildman–Crippen MR) is 57.3 cm³/mol. The smallest absolute Gasteiger partial charge is 0.187 e. The van der Waals surface area contributed by atoms with E-state index in [1.54, 1.807) is 25.1 Å². The molecular formula is C9H15N3OS. The highest BCUT2D eigenvalue weighted by molar-refractivity contribution is 7.99. The van der Waals surface area contributed by atoms with Crippen molar-refractivity contribution in [3.63, 3.8) is 0 Å². The van der Waals surface area contributed by atoms with Crippen LogP contribution in [-0.2, 0) is 4.74 Å². The van der Waals surface area contributed by atoms with Gasteiger partial charge in [-0.25, -0.2) is 9.97 Å². The van der Waals surface area contributed by atoms with E-state index in [0.29, 0.717) is 6.61 Å². The van der Waals surface area contributed by atoms with Gasteiger partial charge < -0.3 is 10.5 Å². The average molecular weight is 213 g/mol. The summed E-state index contributed by atoms with van der Waals surface area (Å²) in [5.74, 6) is 0.775. The van der Waals surface area contributed by atoms with Gasteiger partial charge in [0.05, 0.1) is 6.61 Å². The Hall–Kier alpha value is -0.650. The first-order chi connectivity index (χ1) is 6.72. The molecule has 0 fully saturated rings. The maximum Gasteiger partial charge on any atom is 0.187 e. The molecule has 0 aromatic carbocycles. The van der Waals surface area contributed by atoms with E-state index in [-0.39, 0.29) is 6.04 Å². The number of ether oxygens (including phenoxy) is 1. The summed E-state index contributed by atoms with van der Waals surface area (Å²) in [5.41, 5.74) is 6.74. The van der Waals surface area contributed by atoms with Gasteiger partial charge >= 0.3 is 0 Å². The van der Waals surface area contributed by atoms with Crippen LogP contribution in [0.15, 0.2) is 17.4 Å². The van der Waals surface area contributed by atoms with Gasteiger partial charge in [0.2, 0.25) is 0 Å². The second-order valence-electron chi connectivity index (χ2n) is 3.01. The van der Waals surface area contributed by atoms with Gasteiger partial charge in [0.1, 0.15) is 0 Å². The fourth-order valence-electron chi connectivity index (χ4n) is 0.939. The topological polar surface area (TPSA) is 61.0 Å². The zero-order valence-corrected chi connectivity index (χ0v) is 9.25. The maximum absolute atomic E-state index is 5.77. The lowest BCUT2D eigenvalue weighted by molar-refractivity contribution is 0.186. The van der Waals surface area contributed by atoms with E-state index >= 15 is 0 Å². The zero-order chi connectivity index (χ0) is 10.4. The third kappa shape index (κ3) is 4.04. The van der Waals surface area contributed by atoms with Crippen LogP contribution in [0.1, 0.15) is 5.69 Å². The standard InChI is InChI=1S/C9H15N3OS/c1-7-3-4-11-9(12-7)14-6-8(10)5-13-2/h3-4,8H,5-6,10H2,1-2H3. The van der Waals surface area contributed by atoms with E-state index in [4.69, 9.17) is 10.5 Å². The Morgan fingerprint density at radius 2 is 2.43 bits per heavy atom. The van der Waals surface area contributed by atoms with Crippen LogP contribution in [0, 0.1) is 6.92 Å². The van der Waals surface area contributed by atoms with Crippen molar-refractivity contribution >= 4 is 11.8 Å². The monoisotopic (exact) mass is 213 g/mol. The van der Waals surface area contributed by atoms with Crippen LogP contribution in [0.25, 0.3) is 0 Å². The van der Waals surface area contributed by atoms with Gasteiger partial charge in [-0.1, -0.05) is 11.8 Å². The normalized spacial score (nSPS) is 12.8. The number of rotatable bonds is 5. The summed E-state index contributed by atoms with van der Waals surface area (Å²) < 4.78 is 4.94. The zero-order valence-electron chi connectivity index (χ0n) is 8.43. The molecule has 0 aliphatic heterocycles. The van der Waals surface area contributed by atoms with E-state index in [1.165, 1.54) is 0 Å². The Labute approximate surface area is 88.3 Å². The van der Waals surface area contributed by atoms with Crippen LogP contribution in [0.5, 0.6) is 0 Å². The SMILES string of the molecule is COCC(N)CSc1nccc(C)n1. The Balaban J connectivity index is 2.37. The minimum Gasteiger partial charge on any atom is -0.383 e. The quantitative estimate of drug-likeness (QED) is 0.580. The van der Waals surface area contributed by atoms with E-state index in [9.17, 15) is 0 Å². The van der Waals surface area contributed by atoms with Crippen molar-refractivity contribution < 1.29 is 4.74 Å². The molecule has 1 unspecified atom stereocenters. The third-order valence-electron chi connectivity index (χ3n) is 1.58. The molecule has 1 heterocycles. The molecular weight excluding hydrogens is 198 g/mol. The lowest BCUT2D eigenvalue weighted by atomic mass is 10.4. The fourth-order valence-corrected chi connectivity index (χ4v) is 1.74. The Morgan fingerprint density at radius 1 is 1.64 bits per heavy atom. The maximum atomic E-state index is 5.77. The van der Waals surface area contributed by atoms with E-state index in [0.717, 1.165) is 16.6 Å². The summed E-state index contributed by atoms with van der Waals surface area (Å²) in [6.45, 7) is 2.51. The molecule has 1 aromatic heterocycles. The fraction of sp³-hybridized carbons (Fsp3) is 0.556. The summed E-state index contributed by atoms with van der Waals surface area (Å²) in [6.07, 6.45) is 1.76. The highest BCUT2D eigenvalue weighted by atomic mass is 32.2. The molecule has 0 aliphatic carbocycles. The number of nitrogens with zero attached hydrogens (tertiary/aromatic N) is 2. The molecule has 1 atom stereocenters.